The third-order valence-electron chi connectivity index (χ3n) is 4.10. The van der Waals surface area contributed by atoms with Gasteiger partial charge in [0.2, 0.25) is 5.91 Å². The Labute approximate surface area is 134 Å². The number of rotatable bonds is 3. The zero-order chi connectivity index (χ0) is 16.2. The molecule has 3 rings (SSSR count). The summed E-state index contributed by atoms with van der Waals surface area (Å²) in [4.78, 5) is 40.7. The highest BCUT2D eigenvalue weighted by atomic mass is 16.6. The number of piperazine rings is 1. The SMILES string of the molecule is O=C(c1ccccc1)N1CCN(CC(=O)N2CCOC2=O)CC1. The quantitative estimate of drug-likeness (QED) is 0.808. The molecule has 0 unspecified atom stereocenters. The third kappa shape index (κ3) is 3.50. The van der Waals surface area contributed by atoms with Crippen molar-refractivity contribution in [3.05, 3.63) is 35.9 Å². The molecule has 0 aliphatic carbocycles. The van der Waals surface area contributed by atoms with Crippen molar-refractivity contribution in [2.45, 2.75) is 0 Å². The van der Waals surface area contributed by atoms with E-state index in [1.54, 1.807) is 17.0 Å². The Morgan fingerprint density at radius 1 is 1.00 bits per heavy atom. The minimum absolute atomic E-state index is 0.0136. The predicted molar refractivity (Wildman–Crippen MR) is 81.8 cm³/mol. The van der Waals surface area contributed by atoms with Gasteiger partial charge in [-0.1, -0.05) is 18.2 Å². The topological polar surface area (TPSA) is 70.2 Å². The lowest BCUT2D eigenvalue weighted by molar-refractivity contribution is -0.129. The van der Waals surface area contributed by atoms with E-state index in [2.05, 4.69) is 0 Å². The number of imide groups is 1. The van der Waals surface area contributed by atoms with Gasteiger partial charge in [0, 0.05) is 31.7 Å². The number of nitrogens with zero attached hydrogens (tertiary/aromatic N) is 3. The average molecular weight is 317 g/mol. The minimum Gasteiger partial charge on any atom is -0.447 e. The number of hydrogen-bond acceptors (Lipinski definition) is 5. The summed E-state index contributed by atoms with van der Waals surface area (Å²) in [5.74, 6) is -0.227. The molecule has 2 aliphatic rings. The summed E-state index contributed by atoms with van der Waals surface area (Å²) in [6.07, 6.45) is -0.562. The average Bonchev–Trinajstić information content (AvgIpc) is 3.02. The standard InChI is InChI=1S/C16H19N3O4/c20-14(19-10-11-23-16(19)22)12-17-6-8-18(9-7-17)15(21)13-4-2-1-3-5-13/h1-5H,6-12H2. The molecule has 1 aromatic rings. The van der Waals surface area contributed by atoms with E-state index in [1.807, 2.05) is 23.1 Å². The second-order valence-corrected chi connectivity index (χ2v) is 5.59. The molecule has 23 heavy (non-hydrogen) atoms. The highest BCUT2D eigenvalue weighted by Crippen LogP contribution is 2.10. The summed E-state index contributed by atoms with van der Waals surface area (Å²) in [5, 5.41) is 0. The molecule has 3 amide bonds. The molecule has 0 radical (unpaired) electrons. The number of hydrogen-bond donors (Lipinski definition) is 0. The lowest BCUT2D eigenvalue weighted by Crippen LogP contribution is -2.51. The Morgan fingerprint density at radius 3 is 2.30 bits per heavy atom. The Morgan fingerprint density at radius 2 is 1.70 bits per heavy atom. The van der Waals surface area contributed by atoms with Crippen LogP contribution in [0.3, 0.4) is 0 Å². The smallest absolute Gasteiger partial charge is 0.416 e. The zero-order valence-electron chi connectivity index (χ0n) is 12.8. The Balaban J connectivity index is 1.50. The van der Waals surface area contributed by atoms with Crippen molar-refractivity contribution in [1.82, 2.24) is 14.7 Å². The first-order chi connectivity index (χ1) is 11.1. The second-order valence-electron chi connectivity index (χ2n) is 5.59. The number of benzene rings is 1. The first kappa shape index (κ1) is 15.5. The van der Waals surface area contributed by atoms with E-state index < -0.39 is 6.09 Å². The van der Waals surface area contributed by atoms with E-state index in [0.29, 0.717) is 38.3 Å². The molecule has 7 nitrogen and oxygen atoms in total. The fraction of sp³-hybridized carbons (Fsp3) is 0.438. The van der Waals surface area contributed by atoms with Crippen LogP contribution in [0.1, 0.15) is 10.4 Å². The summed E-state index contributed by atoms with van der Waals surface area (Å²) < 4.78 is 4.77. The van der Waals surface area contributed by atoms with Gasteiger partial charge in [-0.05, 0) is 12.1 Å². The number of ether oxygens (including phenoxy) is 1. The number of amides is 3. The fourth-order valence-corrected chi connectivity index (χ4v) is 2.77. The molecule has 122 valence electrons. The van der Waals surface area contributed by atoms with Gasteiger partial charge in [0.1, 0.15) is 6.61 Å². The van der Waals surface area contributed by atoms with Gasteiger partial charge in [-0.2, -0.15) is 0 Å². The highest BCUT2D eigenvalue weighted by Gasteiger charge is 2.30. The lowest BCUT2D eigenvalue weighted by atomic mass is 10.2. The van der Waals surface area contributed by atoms with Crippen LogP contribution in [-0.2, 0) is 9.53 Å². The molecule has 0 spiro atoms. The second kappa shape index (κ2) is 6.78. The molecular weight excluding hydrogens is 298 g/mol. The molecule has 0 aromatic heterocycles. The van der Waals surface area contributed by atoms with Crippen LogP contribution in [0.25, 0.3) is 0 Å². The molecule has 2 aliphatic heterocycles. The van der Waals surface area contributed by atoms with Gasteiger partial charge < -0.3 is 9.64 Å². The van der Waals surface area contributed by atoms with Crippen molar-refractivity contribution < 1.29 is 19.1 Å². The summed E-state index contributed by atoms with van der Waals surface area (Å²) in [6.45, 7) is 3.16. The maximum atomic E-state index is 12.4. The van der Waals surface area contributed by atoms with Gasteiger partial charge >= 0.3 is 6.09 Å². The maximum absolute atomic E-state index is 12.4. The van der Waals surface area contributed by atoms with Crippen molar-refractivity contribution in [3.63, 3.8) is 0 Å². The zero-order valence-corrected chi connectivity index (χ0v) is 12.8. The summed E-state index contributed by atoms with van der Waals surface area (Å²) in [6, 6.07) is 9.17. The van der Waals surface area contributed by atoms with Crippen molar-refractivity contribution in [2.75, 3.05) is 45.9 Å². The molecule has 0 atom stereocenters. The van der Waals surface area contributed by atoms with E-state index in [9.17, 15) is 14.4 Å². The van der Waals surface area contributed by atoms with Gasteiger partial charge in [-0.15, -0.1) is 0 Å². The minimum atomic E-state index is -0.562. The largest absolute Gasteiger partial charge is 0.447 e. The van der Waals surface area contributed by atoms with Gasteiger partial charge in [0.15, 0.2) is 0 Å². The van der Waals surface area contributed by atoms with E-state index in [1.165, 1.54) is 0 Å². The van der Waals surface area contributed by atoms with Gasteiger partial charge in [0.25, 0.3) is 5.91 Å². The van der Waals surface area contributed by atoms with Gasteiger partial charge in [-0.3, -0.25) is 14.5 Å². The first-order valence-electron chi connectivity index (χ1n) is 7.69. The van der Waals surface area contributed by atoms with Crippen LogP contribution < -0.4 is 0 Å². The molecule has 0 bridgehead atoms. The normalized spacial score (nSPS) is 18.9. The van der Waals surface area contributed by atoms with Crippen LogP contribution in [0.5, 0.6) is 0 Å². The van der Waals surface area contributed by atoms with Crippen LogP contribution in [0.2, 0.25) is 0 Å². The van der Waals surface area contributed by atoms with Gasteiger partial charge in [0.05, 0.1) is 13.1 Å². The van der Waals surface area contributed by atoms with E-state index in [4.69, 9.17) is 4.74 Å². The fourth-order valence-electron chi connectivity index (χ4n) is 2.77. The molecule has 0 N–H and O–H groups in total. The van der Waals surface area contributed by atoms with E-state index in [0.717, 1.165) is 4.90 Å². The molecule has 0 saturated carbocycles. The third-order valence-corrected chi connectivity index (χ3v) is 4.10. The van der Waals surface area contributed by atoms with E-state index in [-0.39, 0.29) is 25.0 Å². The van der Waals surface area contributed by atoms with Crippen LogP contribution >= 0.6 is 0 Å². The Bertz CT molecular complexity index is 597. The van der Waals surface area contributed by atoms with Crippen molar-refractivity contribution in [2.24, 2.45) is 0 Å². The van der Waals surface area contributed by atoms with Crippen LogP contribution in [0.15, 0.2) is 30.3 Å². The predicted octanol–water partition coefficient (Wildman–Crippen LogP) is 0.423. The first-order valence-corrected chi connectivity index (χ1v) is 7.69. The summed E-state index contributed by atoms with van der Waals surface area (Å²) >= 11 is 0. The molecular formula is C16H19N3O4. The van der Waals surface area contributed by atoms with Crippen molar-refractivity contribution in [1.29, 1.82) is 0 Å². The van der Waals surface area contributed by atoms with Crippen LogP contribution in [-0.4, -0.2) is 78.5 Å². The Hall–Kier alpha value is -2.41. The van der Waals surface area contributed by atoms with Crippen molar-refractivity contribution >= 4 is 17.9 Å². The van der Waals surface area contributed by atoms with Crippen LogP contribution in [0.4, 0.5) is 4.79 Å². The van der Waals surface area contributed by atoms with Crippen molar-refractivity contribution in [3.8, 4) is 0 Å². The summed E-state index contributed by atoms with van der Waals surface area (Å²) in [5.41, 5.74) is 0.678. The lowest BCUT2D eigenvalue weighted by Gasteiger charge is -2.34. The molecule has 7 heteroatoms. The molecule has 2 fully saturated rings. The van der Waals surface area contributed by atoms with Crippen LogP contribution in [0, 0.1) is 0 Å². The Kier molecular flexibility index (Phi) is 4.57. The number of carbonyl (C=O) groups excluding carboxylic acids is 3. The summed E-state index contributed by atoms with van der Waals surface area (Å²) in [7, 11) is 0. The van der Waals surface area contributed by atoms with E-state index >= 15 is 0 Å². The molecule has 2 heterocycles. The number of cyclic esters (lactones) is 1. The molecule has 1 aromatic carbocycles. The molecule has 2 saturated heterocycles. The number of carbonyl (C=O) groups is 3. The maximum Gasteiger partial charge on any atom is 0.416 e. The monoisotopic (exact) mass is 317 g/mol. The highest BCUT2D eigenvalue weighted by molar-refractivity contribution is 5.95. The van der Waals surface area contributed by atoms with Gasteiger partial charge in [-0.25, -0.2) is 9.69 Å².